The van der Waals surface area contributed by atoms with Crippen molar-refractivity contribution >= 4 is 11.9 Å². The molecule has 0 aromatic heterocycles. The molecule has 0 rings (SSSR count). The maximum atomic E-state index is 11.8. The lowest BCUT2D eigenvalue weighted by Gasteiger charge is -2.13. The number of nitrogens with one attached hydrogen (secondary N) is 1. The van der Waals surface area contributed by atoms with Crippen molar-refractivity contribution < 1.29 is 14.7 Å². The van der Waals surface area contributed by atoms with Crippen molar-refractivity contribution in [2.75, 3.05) is 0 Å². The number of aliphatic carboxylic acids is 1. The number of carboxylic acids is 1. The summed E-state index contributed by atoms with van der Waals surface area (Å²) in [5, 5.41) is 11.4. The van der Waals surface area contributed by atoms with E-state index in [-0.39, 0.29) is 12.3 Å². The molecule has 24 heavy (non-hydrogen) atoms. The maximum absolute atomic E-state index is 11.8. The fourth-order valence-electron chi connectivity index (χ4n) is 2.99. The first-order chi connectivity index (χ1) is 11.6. The summed E-state index contributed by atoms with van der Waals surface area (Å²) >= 11 is 0. The van der Waals surface area contributed by atoms with Crippen molar-refractivity contribution in [1.29, 1.82) is 0 Å². The monoisotopic (exact) mass is 339 g/mol. The molecule has 2 N–H and O–H groups in total. The summed E-state index contributed by atoms with van der Waals surface area (Å²) in [5.41, 5.74) is 0. The molecule has 0 aliphatic heterocycles. The van der Waals surface area contributed by atoms with Gasteiger partial charge in [0.15, 0.2) is 0 Å². The molecule has 4 heteroatoms. The van der Waals surface area contributed by atoms with Gasteiger partial charge in [0.1, 0.15) is 0 Å². The van der Waals surface area contributed by atoms with Gasteiger partial charge in [-0.2, -0.15) is 0 Å². The SMILES string of the molecule is C=CNC(=O)C(CCCCCCCCCCCCCC)CC(=O)O. The van der Waals surface area contributed by atoms with Crippen molar-refractivity contribution in [2.24, 2.45) is 5.92 Å². The molecule has 0 aromatic carbocycles. The van der Waals surface area contributed by atoms with Crippen molar-refractivity contribution in [2.45, 2.75) is 96.8 Å². The number of carbonyl (C=O) groups is 2. The summed E-state index contributed by atoms with van der Waals surface area (Å²) in [6.45, 7) is 5.69. The van der Waals surface area contributed by atoms with Crippen LogP contribution in [-0.2, 0) is 9.59 Å². The zero-order valence-electron chi connectivity index (χ0n) is 15.5. The average Bonchev–Trinajstić information content (AvgIpc) is 2.54. The van der Waals surface area contributed by atoms with Gasteiger partial charge in [-0.25, -0.2) is 0 Å². The fourth-order valence-corrected chi connectivity index (χ4v) is 2.99. The van der Waals surface area contributed by atoms with Crippen molar-refractivity contribution in [3.05, 3.63) is 12.8 Å². The predicted octanol–water partition coefficient (Wildman–Crippen LogP) is 5.43. The van der Waals surface area contributed by atoms with Crippen molar-refractivity contribution in [3.63, 3.8) is 0 Å². The van der Waals surface area contributed by atoms with Gasteiger partial charge < -0.3 is 10.4 Å². The number of carboxylic acid groups (broad SMARTS) is 1. The van der Waals surface area contributed by atoms with Crippen molar-refractivity contribution in [3.8, 4) is 0 Å². The molecule has 140 valence electrons. The Balaban J connectivity index is 3.56. The van der Waals surface area contributed by atoms with Crippen LogP contribution in [0.15, 0.2) is 12.8 Å². The molecule has 0 aliphatic rings. The van der Waals surface area contributed by atoms with E-state index in [2.05, 4.69) is 18.8 Å². The van der Waals surface area contributed by atoms with Gasteiger partial charge in [-0.05, 0) is 12.6 Å². The van der Waals surface area contributed by atoms with Crippen LogP contribution in [0.2, 0.25) is 0 Å². The summed E-state index contributed by atoms with van der Waals surface area (Å²) in [7, 11) is 0. The van der Waals surface area contributed by atoms with Gasteiger partial charge in [-0.15, -0.1) is 0 Å². The number of hydrogen-bond acceptors (Lipinski definition) is 2. The quantitative estimate of drug-likeness (QED) is 0.347. The topological polar surface area (TPSA) is 66.4 Å². The molecule has 0 aromatic rings. The molecule has 4 nitrogen and oxygen atoms in total. The lowest BCUT2D eigenvalue weighted by molar-refractivity contribution is -0.141. The van der Waals surface area contributed by atoms with Crippen LogP contribution in [0.5, 0.6) is 0 Å². The van der Waals surface area contributed by atoms with E-state index in [1.807, 2.05) is 0 Å². The van der Waals surface area contributed by atoms with E-state index in [1.165, 1.54) is 70.4 Å². The molecular formula is C20H37NO3. The molecule has 1 atom stereocenters. The van der Waals surface area contributed by atoms with E-state index in [9.17, 15) is 9.59 Å². The van der Waals surface area contributed by atoms with Crippen LogP contribution in [-0.4, -0.2) is 17.0 Å². The smallest absolute Gasteiger partial charge is 0.304 e. The summed E-state index contributed by atoms with van der Waals surface area (Å²) in [4.78, 5) is 22.6. The lowest BCUT2D eigenvalue weighted by atomic mass is 9.96. The van der Waals surface area contributed by atoms with Gasteiger partial charge in [-0.1, -0.05) is 90.6 Å². The van der Waals surface area contributed by atoms with Crippen LogP contribution < -0.4 is 5.32 Å². The first-order valence-electron chi connectivity index (χ1n) is 9.74. The molecule has 1 unspecified atom stereocenters. The Kier molecular flexibility index (Phi) is 15.6. The largest absolute Gasteiger partial charge is 0.481 e. The first-order valence-corrected chi connectivity index (χ1v) is 9.74. The minimum absolute atomic E-state index is 0.0995. The summed E-state index contributed by atoms with van der Waals surface area (Å²) in [6.07, 6.45) is 17.1. The minimum atomic E-state index is -0.918. The molecule has 0 saturated carbocycles. The Morgan fingerprint density at radius 3 is 1.79 bits per heavy atom. The van der Waals surface area contributed by atoms with Gasteiger partial charge >= 0.3 is 5.97 Å². The number of carbonyl (C=O) groups excluding carboxylic acids is 1. The summed E-state index contributed by atoms with van der Waals surface area (Å²) in [6, 6.07) is 0. The Hall–Kier alpha value is -1.32. The minimum Gasteiger partial charge on any atom is -0.481 e. The molecule has 0 radical (unpaired) electrons. The highest BCUT2D eigenvalue weighted by Crippen LogP contribution is 2.17. The van der Waals surface area contributed by atoms with Gasteiger partial charge in [0, 0.05) is 5.92 Å². The van der Waals surface area contributed by atoms with Gasteiger partial charge in [0.25, 0.3) is 0 Å². The van der Waals surface area contributed by atoms with E-state index in [1.54, 1.807) is 0 Å². The van der Waals surface area contributed by atoms with Gasteiger partial charge in [0.05, 0.1) is 6.42 Å². The Morgan fingerprint density at radius 1 is 0.917 bits per heavy atom. The second-order valence-corrected chi connectivity index (χ2v) is 6.69. The number of hydrogen-bond donors (Lipinski definition) is 2. The van der Waals surface area contributed by atoms with Crippen LogP contribution in [0.25, 0.3) is 0 Å². The molecule has 1 amide bonds. The van der Waals surface area contributed by atoms with E-state index >= 15 is 0 Å². The van der Waals surface area contributed by atoms with Gasteiger partial charge in [0.2, 0.25) is 5.91 Å². The van der Waals surface area contributed by atoms with Crippen molar-refractivity contribution in [1.82, 2.24) is 5.32 Å². The Bertz CT molecular complexity index is 342. The van der Waals surface area contributed by atoms with Crippen LogP contribution in [0.3, 0.4) is 0 Å². The van der Waals surface area contributed by atoms with E-state index in [0.717, 1.165) is 12.8 Å². The van der Waals surface area contributed by atoms with Crippen LogP contribution in [0, 0.1) is 5.92 Å². The number of rotatable bonds is 17. The fraction of sp³-hybridized carbons (Fsp3) is 0.800. The lowest BCUT2D eigenvalue weighted by Crippen LogP contribution is -2.28. The Labute approximate surface area is 148 Å². The first kappa shape index (κ1) is 22.7. The number of unbranched alkanes of at least 4 members (excludes halogenated alkanes) is 11. The third-order valence-corrected chi connectivity index (χ3v) is 4.44. The Morgan fingerprint density at radius 2 is 1.38 bits per heavy atom. The zero-order chi connectivity index (χ0) is 18.0. The molecule has 0 bridgehead atoms. The summed E-state index contributed by atoms with van der Waals surface area (Å²) in [5.74, 6) is -1.59. The average molecular weight is 340 g/mol. The zero-order valence-corrected chi connectivity index (χ0v) is 15.5. The third-order valence-electron chi connectivity index (χ3n) is 4.44. The second-order valence-electron chi connectivity index (χ2n) is 6.69. The predicted molar refractivity (Wildman–Crippen MR) is 99.8 cm³/mol. The molecule has 0 fully saturated rings. The summed E-state index contributed by atoms with van der Waals surface area (Å²) < 4.78 is 0. The maximum Gasteiger partial charge on any atom is 0.304 e. The number of amides is 1. The highest BCUT2D eigenvalue weighted by molar-refractivity contribution is 5.83. The molecule has 0 aliphatic carbocycles. The van der Waals surface area contributed by atoms with E-state index < -0.39 is 11.9 Å². The molecular weight excluding hydrogens is 302 g/mol. The van der Waals surface area contributed by atoms with Gasteiger partial charge in [-0.3, -0.25) is 9.59 Å². The highest BCUT2D eigenvalue weighted by Gasteiger charge is 2.20. The van der Waals surface area contributed by atoms with Crippen LogP contribution >= 0.6 is 0 Å². The van der Waals surface area contributed by atoms with Crippen LogP contribution in [0.1, 0.15) is 96.8 Å². The second kappa shape index (κ2) is 16.5. The molecule has 0 spiro atoms. The van der Waals surface area contributed by atoms with E-state index in [4.69, 9.17) is 5.11 Å². The van der Waals surface area contributed by atoms with E-state index in [0.29, 0.717) is 6.42 Å². The molecule has 0 heterocycles. The highest BCUT2D eigenvalue weighted by atomic mass is 16.4. The standard InChI is InChI=1S/C20H37NO3/c1-3-5-6-7-8-9-10-11-12-13-14-15-16-18(17-19(22)23)20(24)21-4-2/h4,18H,2-3,5-17H2,1H3,(H,21,24)(H,22,23). The molecule has 0 saturated heterocycles. The van der Waals surface area contributed by atoms with Crippen LogP contribution in [0.4, 0.5) is 0 Å². The normalized spacial score (nSPS) is 11.9. The third kappa shape index (κ3) is 14.3.